The van der Waals surface area contributed by atoms with E-state index in [1.165, 1.54) is 7.05 Å². The van der Waals surface area contributed by atoms with Gasteiger partial charge >= 0.3 is 12.4 Å². The minimum absolute atomic E-state index is 0.253. The topological polar surface area (TPSA) is 41.3 Å². The van der Waals surface area contributed by atoms with Crippen molar-refractivity contribution in [3.8, 4) is 0 Å². The molecule has 116 valence electrons. The lowest BCUT2D eigenvalue weighted by Crippen LogP contribution is -2.39. The van der Waals surface area contributed by atoms with Crippen LogP contribution in [0.15, 0.2) is 6.20 Å². The van der Waals surface area contributed by atoms with E-state index in [9.17, 15) is 26.3 Å². The molecule has 0 spiro atoms. The zero-order chi connectivity index (χ0) is 15.7. The van der Waals surface area contributed by atoms with Gasteiger partial charge in [-0.3, -0.25) is 9.58 Å². The molecule has 0 saturated heterocycles. The fourth-order valence-electron chi connectivity index (χ4n) is 1.72. The van der Waals surface area contributed by atoms with Crippen LogP contribution in [0.5, 0.6) is 0 Å². The van der Waals surface area contributed by atoms with Gasteiger partial charge < -0.3 is 5.11 Å². The number of hydrogen-bond donors (Lipinski definition) is 1. The standard InChI is InChI=1S/C10H13F6N3O/c1-18(5-7(20)9(11,12)13)4-6-3-17-19(2)8(6)10(14,15)16/h3,7,20H,4-5H2,1-2H3. The van der Waals surface area contributed by atoms with Crippen LogP contribution in [0.2, 0.25) is 0 Å². The third kappa shape index (κ3) is 4.10. The Morgan fingerprint density at radius 1 is 1.30 bits per heavy atom. The molecule has 0 aromatic carbocycles. The Morgan fingerprint density at radius 2 is 1.85 bits per heavy atom. The number of rotatable bonds is 4. The van der Waals surface area contributed by atoms with Gasteiger partial charge in [-0.25, -0.2) is 0 Å². The molecule has 0 radical (unpaired) electrons. The van der Waals surface area contributed by atoms with Gasteiger partial charge in [-0.2, -0.15) is 31.4 Å². The lowest BCUT2D eigenvalue weighted by molar-refractivity contribution is -0.207. The molecule has 0 fully saturated rings. The molecule has 1 heterocycles. The van der Waals surface area contributed by atoms with Crippen molar-refractivity contribution < 1.29 is 31.4 Å². The summed E-state index contributed by atoms with van der Waals surface area (Å²) in [5, 5.41) is 12.3. The number of aryl methyl sites for hydroxylation is 1. The Morgan fingerprint density at radius 3 is 2.30 bits per heavy atom. The third-order valence-electron chi connectivity index (χ3n) is 2.59. The van der Waals surface area contributed by atoms with E-state index in [4.69, 9.17) is 5.11 Å². The summed E-state index contributed by atoms with van der Waals surface area (Å²) < 4.78 is 75.3. The van der Waals surface area contributed by atoms with Gasteiger partial charge in [0.25, 0.3) is 0 Å². The maximum absolute atomic E-state index is 12.7. The molecule has 20 heavy (non-hydrogen) atoms. The fraction of sp³-hybridized carbons (Fsp3) is 0.700. The number of nitrogens with zero attached hydrogens (tertiary/aromatic N) is 3. The molecule has 0 aliphatic carbocycles. The Balaban J connectivity index is 2.80. The first-order chi connectivity index (χ1) is 8.93. The van der Waals surface area contributed by atoms with Crippen LogP contribution in [0.1, 0.15) is 11.3 Å². The molecule has 0 bridgehead atoms. The zero-order valence-corrected chi connectivity index (χ0v) is 10.6. The summed E-state index contributed by atoms with van der Waals surface area (Å²) in [4.78, 5) is 0.949. The highest BCUT2D eigenvalue weighted by Crippen LogP contribution is 2.32. The van der Waals surface area contributed by atoms with Gasteiger partial charge in [-0.1, -0.05) is 0 Å². The second-order valence-corrected chi connectivity index (χ2v) is 4.39. The number of hydrogen-bond acceptors (Lipinski definition) is 3. The van der Waals surface area contributed by atoms with Crippen LogP contribution in [0, 0.1) is 0 Å². The molecule has 1 aromatic rings. The molecule has 1 rings (SSSR count). The van der Waals surface area contributed by atoms with E-state index in [1.807, 2.05) is 0 Å². The molecular weight excluding hydrogens is 292 g/mol. The molecule has 1 N–H and O–H groups in total. The number of aliphatic hydroxyl groups excluding tert-OH is 1. The Kier molecular flexibility index (Phi) is 4.70. The van der Waals surface area contributed by atoms with Crippen molar-refractivity contribution in [3.63, 3.8) is 0 Å². The first-order valence-electron chi connectivity index (χ1n) is 5.44. The Bertz CT molecular complexity index is 453. The first-order valence-corrected chi connectivity index (χ1v) is 5.44. The van der Waals surface area contributed by atoms with Crippen LogP contribution < -0.4 is 0 Å². The van der Waals surface area contributed by atoms with Gasteiger partial charge in [-0.05, 0) is 7.05 Å². The molecule has 0 amide bonds. The second-order valence-electron chi connectivity index (χ2n) is 4.39. The van der Waals surface area contributed by atoms with Crippen molar-refractivity contribution in [2.45, 2.75) is 25.0 Å². The van der Waals surface area contributed by atoms with E-state index in [-0.39, 0.29) is 5.56 Å². The van der Waals surface area contributed by atoms with E-state index in [2.05, 4.69) is 5.10 Å². The van der Waals surface area contributed by atoms with Crippen LogP contribution in [0.3, 0.4) is 0 Å². The van der Waals surface area contributed by atoms with Crippen LogP contribution in [-0.2, 0) is 19.8 Å². The van der Waals surface area contributed by atoms with Crippen LogP contribution in [0.4, 0.5) is 26.3 Å². The number of alkyl halides is 6. The molecule has 1 aromatic heterocycles. The molecule has 4 nitrogen and oxygen atoms in total. The van der Waals surface area contributed by atoms with E-state index >= 15 is 0 Å². The summed E-state index contributed by atoms with van der Waals surface area (Å²) in [6.45, 7) is -1.23. The number of halogens is 6. The van der Waals surface area contributed by atoms with Crippen LogP contribution in [0.25, 0.3) is 0 Å². The smallest absolute Gasteiger partial charge is 0.382 e. The van der Waals surface area contributed by atoms with Crippen molar-refractivity contribution in [1.82, 2.24) is 14.7 Å². The van der Waals surface area contributed by atoms with E-state index in [0.717, 1.165) is 18.1 Å². The van der Waals surface area contributed by atoms with Crippen molar-refractivity contribution in [2.75, 3.05) is 13.6 Å². The van der Waals surface area contributed by atoms with Crippen molar-refractivity contribution in [3.05, 3.63) is 17.5 Å². The maximum Gasteiger partial charge on any atom is 0.433 e. The first kappa shape index (κ1) is 16.8. The highest BCUT2D eigenvalue weighted by atomic mass is 19.4. The third-order valence-corrected chi connectivity index (χ3v) is 2.59. The summed E-state index contributed by atoms with van der Waals surface area (Å²) >= 11 is 0. The Labute approximate surface area is 110 Å². The summed E-state index contributed by atoms with van der Waals surface area (Å²) in [5.41, 5.74) is -1.28. The van der Waals surface area contributed by atoms with Crippen LogP contribution >= 0.6 is 0 Å². The van der Waals surface area contributed by atoms with E-state index in [0.29, 0.717) is 4.68 Å². The largest absolute Gasteiger partial charge is 0.433 e. The minimum Gasteiger partial charge on any atom is -0.382 e. The highest BCUT2D eigenvalue weighted by Gasteiger charge is 2.40. The van der Waals surface area contributed by atoms with Crippen molar-refractivity contribution in [2.24, 2.45) is 7.05 Å². The number of aliphatic hydroxyl groups is 1. The second kappa shape index (κ2) is 5.60. The number of aromatic nitrogens is 2. The van der Waals surface area contributed by atoms with Gasteiger partial charge in [0.15, 0.2) is 6.10 Å². The lowest BCUT2D eigenvalue weighted by Gasteiger charge is -2.22. The monoisotopic (exact) mass is 305 g/mol. The quantitative estimate of drug-likeness (QED) is 0.862. The summed E-state index contributed by atoms with van der Waals surface area (Å²) in [7, 11) is 2.28. The predicted octanol–water partition coefficient (Wildman–Crippen LogP) is 1.79. The van der Waals surface area contributed by atoms with Gasteiger partial charge in [0.1, 0.15) is 5.69 Å². The van der Waals surface area contributed by atoms with Gasteiger partial charge in [0.2, 0.25) is 0 Å². The number of likely N-dealkylation sites (N-methyl/N-ethyl adjacent to an activating group) is 1. The summed E-state index contributed by atoms with van der Waals surface area (Å²) in [6.07, 6.45) is -11.1. The molecule has 0 saturated carbocycles. The average molecular weight is 305 g/mol. The fourth-order valence-corrected chi connectivity index (χ4v) is 1.72. The molecular formula is C10H13F6N3O. The molecule has 0 aliphatic rings. The summed E-state index contributed by atoms with van der Waals surface area (Å²) in [5.74, 6) is 0. The highest BCUT2D eigenvalue weighted by molar-refractivity contribution is 5.20. The lowest BCUT2D eigenvalue weighted by atomic mass is 10.2. The van der Waals surface area contributed by atoms with E-state index < -0.39 is 37.2 Å². The molecule has 0 aliphatic heterocycles. The zero-order valence-electron chi connectivity index (χ0n) is 10.6. The predicted molar refractivity (Wildman–Crippen MR) is 56.6 cm³/mol. The van der Waals surface area contributed by atoms with Crippen LogP contribution in [-0.4, -0.2) is 45.7 Å². The molecule has 1 atom stereocenters. The SMILES string of the molecule is CN(Cc1cnn(C)c1C(F)(F)F)CC(O)C(F)(F)F. The molecule has 10 heteroatoms. The molecule has 1 unspecified atom stereocenters. The Hall–Kier alpha value is -1.29. The van der Waals surface area contributed by atoms with Crippen molar-refractivity contribution >= 4 is 0 Å². The van der Waals surface area contributed by atoms with E-state index in [1.54, 1.807) is 0 Å². The van der Waals surface area contributed by atoms with Gasteiger partial charge in [0.05, 0.1) is 6.20 Å². The van der Waals surface area contributed by atoms with Gasteiger partial charge in [-0.15, -0.1) is 0 Å². The van der Waals surface area contributed by atoms with Gasteiger partial charge in [0, 0.05) is 25.7 Å². The minimum atomic E-state index is -4.81. The summed E-state index contributed by atoms with van der Waals surface area (Å²) in [6, 6.07) is 0. The average Bonchev–Trinajstić information content (AvgIpc) is 2.57. The maximum atomic E-state index is 12.7. The normalized spacial score (nSPS) is 14.9. The van der Waals surface area contributed by atoms with Crippen molar-refractivity contribution in [1.29, 1.82) is 0 Å².